The van der Waals surface area contributed by atoms with Crippen LogP contribution in [0.1, 0.15) is 5.56 Å². The van der Waals surface area contributed by atoms with Gasteiger partial charge in [0.1, 0.15) is 10.7 Å². The third-order valence-electron chi connectivity index (χ3n) is 3.63. The lowest BCUT2D eigenvalue weighted by atomic mass is 10.1. The molecule has 7 heteroatoms. The zero-order valence-electron chi connectivity index (χ0n) is 13.3. The first kappa shape index (κ1) is 17.3. The Bertz CT molecular complexity index is 619. The minimum Gasteiger partial charge on any atom is -0.380 e. The highest BCUT2D eigenvalue weighted by molar-refractivity contribution is 7.89. The van der Waals surface area contributed by atoms with Crippen LogP contribution in [-0.4, -0.2) is 64.6 Å². The van der Waals surface area contributed by atoms with Crippen LogP contribution in [-0.2, 0) is 14.8 Å². The van der Waals surface area contributed by atoms with Gasteiger partial charge < -0.3 is 9.64 Å². The number of nitrogens with zero attached hydrogens (tertiary/aromatic N) is 2. The van der Waals surface area contributed by atoms with Crippen molar-refractivity contribution in [1.29, 1.82) is 0 Å². The van der Waals surface area contributed by atoms with E-state index in [2.05, 4.69) is 0 Å². The Kier molecular flexibility index (Phi) is 5.55. The average Bonchev–Trinajstić information content (AvgIpc) is 2.63. The number of benzene rings is 1. The van der Waals surface area contributed by atoms with Crippen LogP contribution in [0.5, 0.6) is 0 Å². The SMILES string of the molecule is Cc1ccc(S(=O)(=O)N2CCOCC(CN(C)C)C2)c(F)c1. The molecule has 1 atom stereocenters. The van der Waals surface area contributed by atoms with Gasteiger partial charge in [-0.3, -0.25) is 0 Å². The second-order valence-corrected chi connectivity index (χ2v) is 7.91. The quantitative estimate of drug-likeness (QED) is 0.836. The molecule has 2 rings (SSSR count). The van der Waals surface area contributed by atoms with Gasteiger partial charge in [-0.2, -0.15) is 4.31 Å². The van der Waals surface area contributed by atoms with Gasteiger partial charge in [-0.15, -0.1) is 0 Å². The average molecular weight is 330 g/mol. The van der Waals surface area contributed by atoms with Gasteiger partial charge in [-0.1, -0.05) is 6.07 Å². The fourth-order valence-electron chi connectivity index (χ4n) is 2.65. The van der Waals surface area contributed by atoms with Crippen molar-refractivity contribution >= 4 is 10.0 Å². The van der Waals surface area contributed by atoms with Gasteiger partial charge >= 0.3 is 0 Å². The molecule has 0 spiro atoms. The van der Waals surface area contributed by atoms with E-state index in [0.29, 0.717) is 25.3 Å². The number of hydrogen-bond acceptors (Lipinski definition) is 4. The molecule has 1 aliphatic heterocycles. The summed E-state index contributed by atoms with van der Waals surface area (Å²) in [6.45, 7) is 3.89. The predicted molar refractivity (Wildman–Crippen MR) is 82.8 cm³/mol. The minimum atomic E-state index is -3.84. The third kappa shape index (κ3) is 4.04. The first-order chi connectivity index (χ1) is 10.3. The normalized spacial score (nSPS) is 21.0. The van der Waals surface area contributed by atoms with Gasteiger partial charge in [-0.25, -0.2) is 12.8 Å². The molecule has 0 radical (unpaired) electrons. The van der Waals surface area contributed by atoms with E-state index in [1.165, 1.54) is 16.4 Å². The molecule has 1 fully saturated rings. The topological polar surface area (TPSA) is 49.9 Å². The number of aryl methyl sites for hydroxylation is 1. The highest BCUT2D eigenvalue weighted by atomic mass is 32.2. The molecular formula is C15H23FN2O3S. The highest BCUT2D eigenvalue weighted by Gasteiger charge is 2.31. The van der Waals surface area contributed by atoms with Crippen molar-refractivity contribution in [3.05, 3.63) is 29.6 Å². The van der Waals surface area contributed by atoms with Crippen LogP contribution in [0.15, 0.2) is 23.1 Å². The maximum absolute atomic E-state index is 14.1. The third-order valence-corrected chi connectivity index (χ3v) is 5.53. The van der Waals surface area contributed by atoms with Crippen LogP contribution in [0, 0.1) is 18.7 Å². The van der Waals surface area contributed by atoms with Gasteiger partial charge in [0.15, 0.2) is 0 Å². The molecule has 0 amide bonds. The van der Waals surface area contributed by atoms with E-state index in [1.807, 2.05) is 19.0 Å². The number of ether oxygens (including phenoxy) is 1. The second kappa shape index (κ2) is 7.04. The Morgan fingerprint density at radius 1 is 1.41 bits per heavy atom. The molecule has 0 aromatic heterocycles. The molecular weight excluding hydrogens is 307 g/mol. The molecule has 0 bridgehead atoms. The van der Waals surface area contributed by atoms with Crippen molar-refractivity contribution in [3.63, 3.8) is 0 Å². The fourth-order valence-corrected chi connectivity index (χ4v) is 4.19. The minimum absolute atomic E-state index is 0.0702. The van der Waals surface area contributed by atoms with Crippen LogP contribution in [0.4, 0.5) is 4.39 Å². The molecule has 1 aromatic carbocycles. The smallest absolute Gasteiger partial charge is 0.246 e. The standard InChI is InChI=1S/C15H23FN2O3S/c1-12-4-5-15(14(16)8-12)22(19,20)18-6-7-21-11-13(10-18)9-17(2)3/h4-5,8,13H,6-7,9-11H2,1-3H3. The van der Waals surface area contributed by atoms with Gasteiger partial charge in [0.25, 0.3) is 0 Å². The first-order valence-corrected chi connectivity index (χ1v) is 8.73. The van der Waals surface area contributed by atoms with Crippen molar-refractivity contribution in [1.82, 2.24) is 9.21 Å². The van der Waals surface area contributed by atoms with Crippen LogP contribution < -0.4 is 0 Å². The van der Waals surface area contributed by atoms with Gasteiger partial charge in [-0.05, 0) is 38.7 Å². The fraction of sp³-hybridized carbons (Fsp3) is 0.600. The summed E-state index contributed by atoms with van der Waals surface area (Å²) in [5.41, 5.74) is 0.695. The molecule has 0 N–H and O–H groups in total. The summed E-state index contributed by atoms with van der Waals surface area (Å²) in [7, 11) is 0.0261. The van der Waals surface area contributed by atoms with Crippen molar-refractivity contribution in [3.8, 4) is 0 Å². The van der Waals surface area contributed by atoms with E-state index in [-0.39, 0.29) is 17.4 Å². The molecule has 1 aromatic rings. The Morgan fingerprint density at radius 3 is 2.77 bits per heavy atom. The van der Waals surface area contributed by atoms with Crippen molar-refractivity contribution in [2.75, 3.05) is 46.9 Å². The van der Waals surface area contributed by atoms with E-state index in [0.717, 1.165) is 6.54 Å². The Hall–Kier alpha value is -1.02. The maximum Gasteiger partial charge on any atom is 0.246 e. The zero-order chi connectivity index (χ0) is 16.3. The lowest BCUT2D eigenvalue weighted by molar-refractivity contribution is 0.113. The molecule has 124 valence electrons. The predicted octanol–water partition coefficient (Wildman–Crippen LogP) is 1.33. The van der Waals surface area contributed by atoms with Gasteiger partial charge in [0, 0.05) is 25.6 Å². The second-order valence-electron chi connectivity index (χ2n) is 6.00. The Balaban J connectivity index is 2.26. The molecule has 1 heterocycles. The van der Waals surface area contributed by atoms with E-state index in [1.54, 1.807) is 13.0 Å². The van der Waals surface area contributed by atoms with Crippen molar-refractivity contribution in [2.45, 2.75) is 11.8 Å². The molecule has 1 unspecified atom stereocenters. The molecule has 0 saturated carbocycles. The molecule has 1 aliphatic rings. The van der Waals surface area contributed by atoms with E-state index >= 15 is 0 Å². The van der Waals surface area contributed by atoms with Crippen molar-refractivity contribution < 1.29 is 17.5 Å². The number of hydrogen-bond donors (Lipinski definition) is 0. The van der Waals surface area contributed by atoms with Crippen LogP contribution >= 0.6 is 0 Å². The molecule has 1 saturated heterocycles. The molecule has 22 heavy (non-hydrogen) atoms. The van der Waals surface area contributed by atoms with Crippen LogP contribution in [0.25, 0.3) is 0 Å². The summed E-state index contributed by atoms with van der Waals surface area (Å²) in [5, 5.41) is 0. The number of halogens is 1. The largest absolute Gasteiger partial charge is 0.380 e. The summed E-state index contributed by atoms with van der Waals surface area (Å²) >= 11 is 0. The first-order valence-electron chi connectivity index (χ1n) is 7.29. The van der Waals surface area contributed by atoms with E-state index < -0.39 is 15.8 Å². The summed E-state index contributed by atoms with van der Waals surface area (Å²) in [6, 6.07) is 4.20. The summed E-state index contributed by atoms with van der Waals surface area (Å²) < 4.78 is 46.3. The lowest BCUT2D eigenvalue weighted by Crippen LogP contribution is -2.39. The Labute approximate surface area is 131 Å². The van der Waals surface area contributed by atoms with E-state index in [4.69, 9.17) is 4.74 Å². The highest BCUT2D eigenvalue weighted by Crippen LogP contribution is 2.22. The number of rotatable bonds is 4. The van der Waals surface area contributed by atoms with Crippen molar-refractivity contribution in [2.24, 2.45) is 5.92 Å². The monoisotopic (exact) mass is 330 g/mol. The van der Waals surface area contributed by atoms with E-state index in [9.17, 15) is 12.8 Å². The lowest BCUT2D eigenvalue weighted by Gasteiger charge is -2.25. The number of sulfonamides is 1. The summed E-state index contributed by atoms with van der Waals surface area (Å²) in [5.74, 6) is -0.630. The molecule has 5 nitrogen and oxygen atoms in total. The summed E-state index contributed by atoms with van der Waals surface area (Å²) in [6.07, 6.45) is 0. The van der Waals surface area contributed by atoms with Gasteiger partial charge in [0.05, 0.1) is 13.2 Å². The van der Waals surface area contributed by atoms with Crippen LogP contribution in [0.2, 0.25) is 0 Å². The summed E-state index contributed by atoms with van der Waals surface area (Å²) in [4.78, 5) is 1.74. The zero-order valence-corrected chi connectivity index (χ0v) is 14.1. The maximum atomic E-state index is 14.1. The molecule has 0 aliphatic carbocycles. The van der Waals surface area contributed by atoms with Gasteiger partial charge in [0.2, 0.25) is 10.0 Å². The Morgan fingerprint density at radius 2 is 2.14 bits per heavy atom. The van der Waals surface area contributed by atoms with Crippen LogP contribution in [0.3, 0.4) is 0 Å².